The second-order valence-electron chi connectivity index (χ2n) is 3.03. The summed E-state index contributed by atoms with van der Waals surface area (Å²) in [5.74, 6) is -0.352. The first-order chi connectivity index (χ1) is 6.20. The van der Waals surface area contributed by atoms with E-state index in [1.165, 1.54) is 0 Å². The molecule has 70 valence electrons. The van der Waals surface area contributed by atoms with Crippen LogP contribution in [-0.2, 0) is 4.84 Å². The first-order valence-electron chi connectivity index (χ1n) is 4.22. The summed E-state index contributed by atoms with van der Waals surface area (Å²) in [6.07, 6.45) is 0. The largest absolute Gasteiger partial charge is 0.366 e. The van der Waals surface area contributed by atoms with E-state index in [1.54, 1.807) is 24.3 Å². The highest BCUT2D eigenvalue weighted by molar-refractivity contribution is 5.89. The maximum Gasteiger partial charge on any atom is 0.356 e. The molecule has 0 amide bonds. The Hall–Kier alpha value is -1.35. The molecule has 0 spiro atoms. The number of rotatable bonds is 3. The zero-order chi connectivity index (χ0) is 9.68. The van der Waals surface area contributed by atoms with Crippen LogP contribution in [0.15, 0.2) is 30.3 Å². The molecule has 1 N–H and O–H groups in total. The van der Waals surface area contributed by atoms with Gasteiger partial charge in [-0.3, -0.25) is 0 Å². The monoisotopic (exact) mass is 179 g/mol. The van der Waals surface area contributed by atoms with E-state index in [0.29, 0.717) is 5.56 Å². The summed E-state index contributed by atoms with van der Waals surface area (Å²) in [5.41, 5.74) is 3.15. The summed E-state index contributed by atoms with van der Waals surface area (Å²) in [6.45, 7) is 3.80. The van der Waals surface area contributed by atoms with E-state index in [2.05, 4.69) is 5.48 Å². The van der Waals surface area contributed by atoms with E-state index in [9.17, 15) is 4.79 Å². The van der Waals surface area contributed by atoms with Crippen molar-refractivity contribution in [2.24, 2.45) is 0 Å². The molecule has 0 heterocycles. The van der Waals surface area contributed by atoms with Crippen LogP contribution in [0.3, 0.4) is 0 Å². The first-order valence-corrected chi connectivity index (χ1v) is 4.22. The molecule has 0 aromatic heterocycles. The molecule has 1 aromatic carbocycles. The summed E-state index contributed by atoms with van der Waals surface area (Å²) >= 11 is 0. The summed E-state index contributed by atoms with van der Waals surface area (Å²) in [4.78, 5) is 16.1. The molecule has 1 aromatic rings. The van der Waals surface area contributed by atoms with Crippen LogP contribution >= 0.6 is 0 Å². The number of carbonyl (C=O) groups excluding carboxylic acids is 1. The summed E-state index contributed by atoms with van der Waals surface area (Å²) in [6, 6.07) is 9.01. The quantitative estimate of drug-likeness (QED) is 0.718. The molecule has 0 aliphatic carbocycles. The third-order valence-electron chi connectivity index (χ3n) is 1.40. The summed E-state index contributed by atoms with van der Waals surface area (Å²) in [5, 5.41) is 0. The lowest BCUT2D eigenvalue weighted by atomic mass is 10.2. The molecule has 0 atom stereocenters. The van der Waals surface area contributed by atoms with Crippen LogP contribution in [-0.4, -0.2) is 12.0 Å². The van der Waals surface area contributed by atoms with Crippen molar-refractivity contribution >= 4 is 5.97 Å². The van der Waals surface area contributed by atoms with Gasteiger partial charge >= 0.3 is 5.97 Å². The molecular formula is C10H13NO2. The summed E-state index contributed by atoms with van der Waals surface area (Å²) in [7, 11) is 0. The highest BCUT2D eigenvalue weighted by Crippen LogP contribution is 1.99. The van der Waals surface area contributed by atoms with Crippen LogP contribution in [0.2, 0.25) is 0 Å². The van der Waals surface area contributed by atoms with Crippen molar-refractivity contribution in [3.8, 4) is 0 Å². The molecule has 0 aliphatic rings. The molecule has 3 heteroatoms. The highest BCUT2D eigenvalue weighted by atomic mass is 16.7. The number of hydrogen-bond acceptors (Lipinski definition) is 3. The van der Waals surface area contributed by atoms with Gasteiger partial charge in [0.25, 0.3) is 0 Å². The second kappa shape index (κ2) is 4.62. The van der Waals surface area contributed by atoms with Gasteiger partial charge in [0.1, 0.15) is 0 Å². The smallest absolute Gasteiger partial charge is 0.356 e. The lowest BCUT2D eigenvalue weighted by Crippen LogP contribution is -2.26. The first kappa shape index (κ1) is 9.74. The fourth-order valence-electron chi connectivity index (χ4n) is 0.805. The fraction of sp³-hybridized carbons (Fsp3) is 0.300. The van der Waals surface area contributed by atoms with Gasteiger partial charge in [-0.1, -0.05) is 18.2 Å². The van der Waals surface area contributed by atoms with Gasteiger partial charge in [-0.25, -0.2) is 4.79 Å². The van der Waals surface area contributed by atoms with Crippen LogP contribution in [0, 0.1) is 0 Å². The Morgan fingerprint density at radius 3 is 2.46 bits per heavy atom. The van der Waals surface area contributed by atoms with Crippen molar-refractivity contribution in [1.29, 1.82) is 0 Å². The standard InChI is InChI=1S/C10H13NO2/c1-8(2)11-13-10(12)9-6-4-3-5-7-9/h3-8,11H,1-2H3. The van der Waals surface area contributed by atoms with E-state index in [4.69, 9.17) is 4.84 Å². The van der Waals surface area contributed by atoms with Crippen LogP contribution < -0.4 is 5.48 Å². The molecule has 0 unspecified atom stereocenters. The SMILES string of the molecule is CC(C)NOC(=O)c1ccccc1. The highest BCUT2D eigenvalue weighted by Gasteiger charge is 2.05. The number of hydrogen-bond donors (Lipinski definition) is 1. The van der Waals surface area contributed by atoms with E-state index in [1.807, 2.05) is 19.9 Å². The van der Waals surface area contributed by atoms with Crippen LogP contribution in [0.25, 0.3) is 0 Å². The van der Waals surface area contributed by atoms with E-state index in [0.717, 1.165) is 0 Å². The van der Waals surface area contributed by atoms with Crippen molar-refractivity contribution in [2.75, 3.05) is 0 Å². The van der Waals surface area contributed by atoms with Gasteiger partial charge in [0, 0.05) is 6.04 Å². The lowest BCUT2D eigenvalue weighted by Gasteiger charge is -2.07. The molecule has 0 bridgehead atoms. The predicted molar refractivity (Wildman–Crippen MR) is 50.1 cm³/mol. The van der Waals surface area contributed by atoms with Gasteiger partial charge in [0.15, 0.2) is 0 Å². The molecular weight excluding hydrogens is 166 g/mol. The van der Waals surface area contributed by atoms with Gasteiger partial charge in [-0.05, 0) is 26.0 Å². The van der Waals surface area contributed by atoms with Crippen LogP contribution in [0.4, 0.5) is 0 Å². The number of carbonyl (C=O) groups is 1. The lowest BCUT2D eigenvalue weighted by molar-refractivity contribution is 0.0188. The second-order valence-corrected chi connectivity index (χ2v) is 3.03. The fourth-order valence-corrected chi connectivity index (χ4v) is 0.805. The Morgan fingerprint density at radius 2 is 1.92 bits per heavy atom. The molecule has 1 rings (SSSR count). The van der Waals surface area contributed by atoms with Crippen molar-refractivity contribution < 1.29 is 9.63 Å². The molecule has 0 fully saturated rings. The molecule has 0 aliphatic heterocycles. The summed E-state index contributed by atoms with van der Waals surface area (Å²) < 4.78 is 0. The normalized spacial score (nSPS) is 10.1. The predicted octanol–water partition coefficient (Wildman–Crippen LogP) is 1.76. The molecule has 13 heavy (non-hydrogen) atoms. The third-order valence-corrected chi connectivity index (χ3v) is 1.40. The van der Waals surface area contributed by atoms with Gasteiger partial charge in [0.05, 0.1) is 5.56 Å². The average molecular weight is 179 g/mol. The van der Waals surface area contributed by atoms with Gasteiger partial charge in [-0.2, -0.15) is 5.48 Å². The van der Waals surface area contributed by atoms with E-state index < -0.39 is 0 Å². The van der Waals surface area contributed by atoms with Crippen LogP contribution in [0.5, 0.6) is 0 Å². The Balaban J connectivity index is 2.50. The van der Waals surface area contributed by atoms with E-state index in [-0.39, 0.29) is 12.0 Å². The molecule has 0 radical (unpaired) electrons. The molecule has 0 saturated heterocycles. The van der Waals surface area contributed by atoms with Gasteiger partial charge < -0.3 is 4.84 Å². The number of benzene rings is 1. The van der Waals surface area contributed by atoms with Crippen molar-refractivity contribution in [3.05, 3.63) is 35.9 Å². The Bertz CT molecular complexity index is 270. The minimum absolute atomic E-state index is 0.132. The zero-order valence-electron chi connectivity index (χ0n) is 7.78. The Morgan fingerprint density at radius 1 is 1.31 bits per heavy atom. The number of nitrogens with one attached hydrogen (secondary N) is 1. The van der Waals surface area contributed by atoms with Crippen molar-refractivity contribution in [3.63, 3.8) is 0 Å². The zero-order valence-corrected chi connectivity index (χ0v) is 7.78. The van der Waals surface area contributed by atoms with Crippen LogP contribution in [0.1, 0.15) is 24.2 Å². The van der Waals surface area contributed by atoms with Gasteiger partial charge in [0.2, 0.25) is 0 Å². The molecule has 3 nitrogen and oxygen atoms in total. The number of hydroxylamine groups is 1. The minimum atomic E-state index is -0.352. The van der Waals surface area contributed by atoms with E-state index >= 15 is 0 Å². The third kappa shape index (κ3) is 3.25. The average Bonchev–Trinajstić information content (AvgIpc) is 2.15. The van der Waals surface area contributed by atoms with Crippen molar-refractivity contribution in [1.82, 2.24) is 5.48 Å². The Kier molecular flexibility index (Phi) is 3.46. The topological polar surface area (TPSA) is 38.3 Å². The minimum Gasteiger partial charge on any atom is -0.366 e. The molecule has 0 saturated carbocycles. The van der Waals surface area contributed by atoms with Gasteiger partial charge in [-0.15, -0.1) is 0 Å². The maximum atomic E-state index is 11.3. The maximum absolute atomic E-state index is 11.3. The van der Waals surface area contributed by atoms with Crippen molar-refractivity contribution in [2.45, 2.75) is 19.9 Å². The Labute approximate surface area is 77.7 Å².